The van der Waals surface area contributed by atoms with Crippen LogP contribution < -0.4 is 15.4 Å². The third kappa shape index (κ3) is 6.97. The molecular weight excluding hydrogens is 462 g/mol. The Labute approximate surface area is 198 Å². The molecule has 0 radical (unpaired) electrons. The van der Waals surface area contributed by atoms with Gasteiger partial charge in [0.25, 0.3) is 11.6 Å². The molecule has 3 rings (SSSR count). The van der Waals surface area contributed by atoms with Gasteiger partial charge in [-0.3, -0.25) is 14.9 Å². The van der Waals surface area contributed by atoms with E-state index in [1.165, 1.54) is 12.1 Å². The normalized spacial score (nSPS) is 15.9. The zero-order valence-corrected chi connectivity index (χ0v) is 19.9. The molecule has 1 aliphatic heterocycles. The first kappa shape index (κ1) is 25.6. The fourth-order valence-electron chi connectivity index (χ4n) is 3.43. The van der Waals surface area contributed by atoms with Gasteiger partial charge in [-0.1, -0.05) is 12.1 Å². The molecule has 1 atom stereocenters. The first-order valence-corrected chi connectivity index (χ1v) is 12.3. The molecule has 11 nitrogen and oxygen atoms in total. The Morgan fingerprint density at radius 2 is 2.03 bits per heavy atom. The summed E-state index contributed by atoms with van der Waals surface area (Å²) in [4.78, 5) is 24.9. The summed E-state index contributed by atoms with van der Waals surface area (Å²) in [6.45, 7) is 1.49. The van der Waals surface area contributed by atoms with E-state index in [1.807, 2.05) is 25.1 Å². The molecule has 184 valence electrons. The number of ether oxygens (including phenoxy) is 1. The van der Waals surface area contributed by atoms with Crippen molar-refractivity contribution in [3.63, 3.8) is 0 Å². The Kier molecular flexibility index (Phi) is 8.56. The number of hydrogen-bond acceptors (Lipinski definition) is 8. The number of nitrogens with zero attached hydrogens (tertiary/aromatic N) is 2. The van der Waals surface area contributed by atoms with Crippen molar-refractivity contribution in [3.8, 4) is 0 Å². The van der Waals surface area contributed by atoms with Gasteiger partial charge in [0.2, 0.25) is 10.0 Å². The predicted octanol–water partition coefficient (Wildman–Crippen LogP) is 2.16. The smallest absolute Gasteiger partial charge is 0.293 e. The average molecular weight is 492 g/mol. The first-order chi connectivity index (χ1) is 16.2. The number of nitrogens with one attached hydrogen (secondary N) is 3. The third-order valence-corrected chi connectivity index (χ3v) is 6.69. The monoisotopic (exact) mass is 491 g/mol. The number of sulfonamides is 1. The fraction of sp³-hybridized carbons (Fsp3) is 0.409. The van der Waals surface area contributed by atoms with Crippen LogP contribution in [0.2, 0.25) is 0 Å². The summed E-state index contributed by atoms with van der Waals surface area (Å²) in [5, 5.41) is 17.4. The minimum Gasteiger partial charge on any atom is -0.375 e. The molecule has 1 heterocycles. The molecule has 3 N–H and O–H groups in total. The minimum atomic E-state index is -3.88. The maximum absolute atomic E-state index is 12.5. The number of carbonyl (C=O) groups is 1. The van der Waals surface area contributed by atoms with Crippen molar-refractivity contribution in [3.05, 3.63) is 58.1 Å². The summed E-state index contributed by atoms with van der Waals surface area (Å²) in [7, 11) is -0.254. The number of nitro groups is 1. The molecular formula is C22H29N5O6S. The molecule has 0 spiro atoms. The molecule has 2 aromatic rings. The second-order valence-electron chi connectivity index (χ2n) is 8.18. The van der Waals surface area contributed by atoms with E-state index in [0.717, 1.165) is 18.1 Å². The van der Waals surface area contributed by atoms with E-state index in [2.05, 4.69) is 15.4 Å². The van der Waals surface area contributed by atoms with Crippen molar-refractivity contribution in [1.29, 1.82) is 0 Å². The standard InChI is InChI=1S/C22H29N5O6S/c1-26(2)11-10-24-34(31,32)18-8-9-19(20(14-18)27(29)30)23-15-16-5-3-6-17(13-16)25-22(28)21-7-4-12-33-21/h3,5-6,8-9,13-14,21,23-24H,4,7,10-12,15H2,1-2H3,(H,25,28). The first-order valence-electron chi connectivity index (χ1n) is 10.8. The van der Waals surface area contributed by atoms with Crippen LogP contribution >= 0.6 is 0 Å². The number of amides is 1. The average Bonchev–Trinajstić information content (AvgIpc) is 3.32. The van der Waals surface area contributed by atoms with Crippen LogP contribution in [-0.2, 0) is 26.1 Å². The van der Waals surface area contributed by atoms with Crippen molar-refractivity contribution in [2.45, 2.75) is 30.4 Å². The van der Waals surface area contributed by atoms with Gasteiger partial charge < -0.3 is 20.3 Å². The van der Waals surface area contributed by atoms with E-state index in [4.69, 9.17) is 4.74 Å². The van der Waals surface area contributed by atoms with Gasteiger partial charge in [-0.25, -0.2) is 13.1 Å². The van der Waals surface area contributed by atoms with E-state index < -0.39 is 21.1 Å². The lowest BCUT2D eigenvalue weighted by molar-refractivity contribution is -0.384. The van der Waals surface area contributed by atoms with E-state index in [9.17, 15) is 23.3 Å². The quantitative estimate of drug-likeness (QED) is 0.321. The molecule has 0 saturated carbocycles. The third-order valence-electron chi connectivity index (χ3n) is 5.23. The topological polar surface area (TPSA) is 143 Å². The zero-order chi connectivity index (χ0) is 24.7. The molecule has 1 aliphatic rings. The van der Waals surface area contributed by atoms with E-state index in [0.29, 0.717) is 25.3 Å². The Morgan fingerprint density at radius 1 is 1.24 bits per heavy atom. The van der Waals surface area contributed by atoms with E-state index >= 15 is 0 Å². The number of benzene rings is 2. The highest BCUT2D eigenvalue weighted by molar-refractivity contribution is 7.89. The molecule has 0 aliphatic carbocycles. The van der Waals surface area contributed by atoms with Gasteiger partial charge in [-0.05, 0) is 56.8 Å². The summed E-state index contributed by atoms with van der Waals surface area (Å²) in [6, 6.07) is 10.8. The van der Waals surface area contributed by atoms with Crippen LogP contribution in [0.3, 0.4) is 0 Å². The van der Waals surface area contributed by atoms with Gasteiger partial charge in [0, 0.05) is 38.0 Å². The number of likely N-dealkylation sites (N-methyl/N-ethyl adjacent to an activating group) is 1. The van der Waals surface area contributed by atoms with Crippen molar-refractivity contribution in [1.82, 2.24) is 9.62 Å². The molecule has 1 saturated heterocycles. The zero-order valence-electron chi connectivity index (χ0n) is 19.1. The highest BCUT2D eigenvalue weighted by Gasteiger charge is 2.24. The Balaban J connectivity index is 1.68. The lowest BCUT2D eigenvalue weighted by atomic mass is 10.1. The number of nitro benzene ring substituents is 1. The van der Waals surface area contributed by atoms with Crippen LogP contribution in [0.15, 0.2) is 47.4 Å². The highest BCUT2D eigenvalue weighted by Crippen LogP contribution is 2.28. The van der Waals surface area contributed by atoms with Crippen LogP contribution in [0.1, 0.15) is 18.4 Å². The molecule has 1 unspecified atom stereocenters. The van der Waals surface area contributed by atoms with E-state index in [-0.39, 0.29) is 35.3 Å². The van der Waals surface area contributed by atoms with Crippen molar-refractivity contribution < 1.29 is 22.9 Å². The van der Waals surface area contributed by atoms with Gasteiger partial charge in [0.15, 0.2) is 0 Å². The lowest BCUT2D eigenvalue weighted by Crippen LogP contribution is -2.31. The molecule has 0 aromatic heterocycles. The lowest BCUT2D eigenvalue weighted by Gasteiger charge is -2.13. The maximum atomic E-state index is 12.5. The van der Waals surface area contributed by atoms with Gasteiger partial charge in [0.1, 0.15) is 11.8 Å². The Hall–Kier alpha value is -3.06. The number of hydrogen-bond donors (Lipinski definition) is 3. The Bertz CT molecular complexity index is 1130. The second kappa shape index (κ2) is 11.4. The summed E-state index contributed by atoms with van der Waals surface area (Å²) in [6.07, 6.45) is 1.09. The molecule has 1 fully saturated rings. The molecule has 12 heteroatoms. The summed E-state index contributed by atoms with van der Waals surface area (Å²) in [5.74, 6) is -0.200. The largest absolute Gasteiger partial charge is 0.375 e. The van der Waals surface area contributed by atoms with Gasteiger partial charge >= 0.3 is 0 Å². The SMILES string of the molecule is CN(C)CCNS(=O)(=O)c1ccc(NCc2cccc(NC(=O)C3CCCO3)c2)c([N+](=O)[O-])c1. The summed E-state index contributed by atoms with van der Waals surface area (Å²) in [5.41, 5.74) is 1.21. The van der Waals surface area contributed by atoms with Gasteiger partial charge in [-0.2, -0.15) is 0 Å². The molecule has 0 bridgehead atoms. The minimum absolute atomic E-state index is 0.178. The number of carbonyl (C=O) groups excluding carboxylic acids is 1. The summed E-state index contributed by atoms with van der Waals surface area (Å²) >= 11 is 0. The van der Waals surface area contributed by atoms with Crippen LogP contribution in [0.5, 0.6) is 0 Å². The fourth-order valence-corrected chi connectivity index (χ4v) is 4.47. The van der Waals surface area contributed by atoms with Crippen LogP contribution in [0.4, 0.5) is 17.1 Å². The molecule has 34 heavy (non-hydrogen) atoms. The molecule has 1 amide bonds. The Morgan fingerprint density at radius 3 is 2.71 bits per heavy atom. The van der Waals surface area contributed by atoms with Crippen molar-refractivity contribution >= 4 is 33.0 Å². The van der Waals surface area contributed by atoms with Crippen LogP contribution in [0.25, 0.3) is 0 Å². The number of rotatable bonds is 11. The summed E-state index contributed by atoms with van der Waals surface area (Å²) < 4.78 is 32.8. The van der Waals surface area contributed by atoms with Crippen molar-refractivity contribution in [2.75, 3.05) is 44.4 Å². The van der Waals surface area contributed by atoms with Gasteiger partial charge in [0.05, 0.1) is 9.82 Å². The van der Waals surface area contributed by atoms with Crippen molar-refractivity contribution in [2.24, 2.45) is 0 Å². The number of anilines is 2. The molecule has 2 aromatic carbocycles. The van der Waals surface area contributed by atoms with Crippen LogP contribution in [0, 0.1) is 10.1 Å². The van der Waals surface area contributed by atoms with Gasteiger partial charge in [-0.15, -0.1) is 0 Å². The predicted molar refractivity (Wildman–Crippen MR) is 128 cm³/mol. The van der Waals surface area contributed by atoms with E-state index in [1.54, 1.807) is 18.2 Å². The highest BCUT2D eigenvalue weighted by atomic mass is 32.2. The maximum Gasteiger partial charge on any atom is 0.293 e. The van der Waals surface area contributed by atoms with Crippen LogP contribution in [-0.4, -0.2) is 64.0 Å². The second-order valence-corrected chi connectivity index (χ2v) is 9.95.